The van der Waals surface area contributed by atoms with Gasteiger partial charge in [-0.1, -0.05) is 41.4 Å². The minimum atomic E-state index is 0. The van der Waals surface area contributed by atoms with Crippen LogP contribution in [-0.2, 0) is 0 Å². The van der Waals surface area contributed by atoms with Gasteiger partial charge in [0.2, 0.25) is 0 Å². The molecule has 0 unspecified atom stereocenters. The van der Waals surface area contributed by atoms with Gasteiger partial charge in [0, 0.05) is 19.7 Å². The van der Waals surface area contributed by atoms with Crippen LogP contribution in [0.15, 0.2) is 47.0 Å². The van der Waals surface area contributed by atoms with Gasteiger partial charge in [0.15, 0.2) is 0 Å². The molecule has 46 heavy (non-hydrogen) atoms. The summed E-state index contributed by atoms with van der Waals surface area (Å²) in [6, 6.07) is 14.6. The van der Waals surface area contributed by atoms with Crippen LogP contribution in [0, 0.1) is 133 Å². The molecule has 8 heteroatoms. The zero-order valence-electron chi connectivity index (χ0n) is 25.3. The van der Waals surface area contributed by atoms with Crippen LogP contribution in [0.4, 0.5) is 0 Å². The van der Waals surface area contributed by atoms with E-state index in [0.29, 0.717) is 0 Å². The number of aromatic nitrogens is 3. The molecule has 2 aromatic carbocycles. The molecule has 4 N–H and O–H groups in total. The van der Waals surface area contributed by atoms with Crippen LogP contribution in [0.2, 0.25) is 0 Å². The lowest BCUT2D eigenvalue weighted by molar-refractivity contribution is 0.393. The number of fused-ring (bicyclic) bond motifs is 1. The lowest BCUT2D eigenvalue weighted by Crippen LogP contribution is -1.87. The standard InChI is InChI=1S/C19H17N3O.C19H4.HN3.H2O.6H2/c1-11-18(12(2)23-22-11)15-9-16(14-7-5-4-6-8-14)19-17(10-15)20-13(3)21-19;1-3-5-7-9-11-13-15-17-19-18-16-14-12-10-8-6-4-2;1-3-2;;;;;;;/h4-10H,1-3H3,(H,20,21);1H,2H3;1H;1H2;6*1H. The molecule has 0 aliphatic rings. The molecule has 2 aromatic heterocycles. The third-order valence-corrected chi connectivity index (χ3v) is 5.18. The van der Waals surface area contributed by atoms with Crippen LogP contribution in [0.25, 0.3) is 43.7 Å². The van der Waals surface area contributed by atoms with Gasteiger partial charge in [-0.3, -0.25) is 0 Å². The van der Waals surface area contributed by atoms with Crippen molar-refractivity contribution in [3.63, 3.8) is 0 Å². The number of aryl methyl sites for hydroxylation is 3. The molecule has 0 spiro atoms. The monoisotopic (exact) mass is 608 g/mol. The van der Waals surface area contributed by atoms with Crippen LogP contribution < -0.4 is 0 Å². The van der Waals surface area contributed by atoms with E-state index in [-0.39, 0.29) is 14.0 Å². The van der Waals surface area contributed by atoms with E-state index in [0.717, 1.165) is 50.6 Å². The Hall–Kier alpha value is -7.57. The molecule has 0 saturated carbocycles. The lowest BCUT2D eigenvalue weighted by Gasteiger charge is -2.07. The Labute approximate surface area is 277 Å². The molecule has 0 fully saturated rings. The summed E-state index contributed by atoms with van der Waals surface area (Å²) in [6.07, 6.45) is 4.89. The summed E-state index contributed by atoms with van der Waals surface area (Å²) < 4.78 is 5.34. The summed E-state index contributed by atoms with van der Waals surface area (Å²) >= 11 is 0. The van der Waals surface area contributed by atoms with E-state index in [4.69, 9.17) is 22.0 Å². The molecular formula is C38H36N6O2. The number of rotatable bonds is 2. The zero-order chi connectivity index (χ0) is 32.7. The van der Waals surface area contributed by atoms with Gasteiger partial charge in [0.25, 0.3) is 0 Å². The average molecular weight is 609 g/mol. The first kappa shape index (κ1) is 36.5. The van der Waals surface area contributed by atoms with Crippen LogP contribution in [0.1, 0.15) is 32.8 Å². The van der Waals surface area contributed by atoms with E-state index in [1.54, 1.807) is 11.8 Å². The second-order valence-corrected chi connectivity index (χ2v) is 8.18. The van der Waals surface area contributed by atoms with Crippen molar-refractivity contribution in [1.82, 2.24) is 15.1 Å². The van der Waals surface area contributed by atoms with Crippen molar-refractivity contribution >= 4 is 11.0 Å². The Bertz CT molecular complexity index is 2300. The van der Waals surface area contributed by atoms with Crippen molar-refractivity contribution in [3.05, 3.63) is 70.2 Å². The number of terminal acetylenes is 1. The minimum Gasteiger partial charge on any atom is -0.412 e. The number of H-pyrrole nitrogens is 1. The molecule has 0 bridgehead atoms. The summed E-state index contributed by atoms with van der Waals surface area (Å²) in [5.74, 6) is 43.7. The van der Waals surface area contributed by atoms with Crippen molar-refractivity contribution in [1.29, 1.82) is 5.53 Å². The van der Waals surface area contributed by atoms with Crippen molar-refractivity contribution in [2.24, 2.45) is 0 Å². The molecule has 0 amide bonds. The molecule has 4 rings (SSSR count). The Morgan fingerprint density at radius 3 is 1.76 bits per heavy atom. The van der Waals surface area contributed by atoms with Crippen LogP contribution >= 0.6 is 0 Å². The van der Waals surface area contributed by atoms with E-state index in [9.17, 15) is 0 Å². The van der Waals surface area contributed by atoms with Crippen molar-refractivity contribution in [3.8, 4) is 129 Å². The summed E-state index contributed by atoms with van der Waals surface area (Å²) in [4.78, 5) is 9.76. The first-order valence-corrected chi connectivity index (χ1v) is 12.8. The highest BCUT2D eigenvalue weighted by molar-refractivity contribution is 5.96. The third-order valence-electron chi connectivity index (χ3n) is 5.18. The maximum absolute atomic E-state index is 6.86. The van der Waals surface area contributed by atoms with Crippen molar-refractivity contribution in [2.75, 3.05) is 0 Å². The zero-order valence-corrected chi connectivity index (χ0v) is 25.3. The van der Waals surface area contributed by atoms with E-state index in [1.165, 1.54) is 0 Å². The normalized spacial score (nSPS) is 7.37. The summed E-state index contributed by atoms with van der Waals surface area (Å²) in [5.41, 5.74) is 19.6. The van der Waals surface area contributed by atoms with Crippen LogP contribution in [-0.4, -0.2) is 20.6 Å². The number of nitrogens with zero attached hydrogens (tertiary/aromatic N) is 4. The quantitative estimate of drug-likeness (QED) is 0.109. The predicted octanol–water partition coefficient (Wildman–Crippen LogP) is 7.00. The molecule has 4 aromatic rings. The Morgan fingerprint density at radius 2 is 1.30 bits per heavy atom. The fourth-order valence-corrected chi connectivity index (χ4v) is 3.62. The topological polar surface area (TPSA) is 146 Å². The molecule has 0 atom stereocenters. The molecule has 0 radical (unpaired) electrons. The fourth-order valence-electron chi connectivity index (χ4n) is 3.62. The van der Waals surface area contributed by atoms with Gasteiger partial charge in [-0.25, -0.2) is 4.98 Å². The van der Waals surface area contributed by atoms with Gasteiger partial charge in [0.1, 0.15) is 11.6 Å². The van der Waals surface area contributed by atoms with Crippen LogP contribution in [0.3, 0.4) is 0 Å². The second-order valence-electron chi connectivity index (χ2n) is 8.18. The molecule has 230 valence electrons. The molecular weight excluding hydrogens is 572 g/mol. The molecule has 0 saturated heterocycles. The Kier molecular flexibility index (Phi) is 16.8. The first-order valence-electron chi connectivity index (χ1n) is 12.8. The number of imidazole rings is 1. The van der Waals surface area contributed by atoms with Crippen molar-refractivity contribution in [2.45, 2.75) is 27.7 Å². The molecule has 0 aliphatic carbocycles. The fraction of sp³-hybridized carbons (Fsp3) is 0.105. The maximum Gasteiger partial charge on any atom is 0.141 e. The first-order chi connectivity index (χ1) is 22.0. The highest BCUT2D eigenvalue weighted by Gasteiger charge is 2.16. The van der Waals surface area contributed by atoms with Gasteiger partial charge >= 0.3 is 0 Å². The summed E-state index contributed by atoms with van der Waals surface area (Å²) in [6.45, 7) is 7.59. The molecule has 0 aliphatic heterocycles. The number of hydrogen-bond acceptors (Lipinski definition) is 4. The predicted molar refractivity (Wildman–Crippen MR) is 194 cm³/mol. The smallest absolute Gasteiger partial charge is 0.141 e. The second kappa shape index (κ2) is 21.2. The van der Waals surface area contributed by atoms with Gasteiger partial charge in [-0.2, -0.15) is 0 Å². The average Bonchev–Trinajstić information content (AvgIpc) is 3.59. The summed E-state index contributed by atoms with van der Waals surface area (Å²) in [7, 11) is 0. The highest BCUT2D eigenvalue weighted by atomic mass is 16.5. The van der Waals surface area contributed by atoms with E-state index < -0.39 is 0 Å². The van der Waals surface area contributed by atoms with Crippen molar-refractivity contribution < 1.29 is 18.6 Å². The number of hydrogen-bond donors (Lipinski definition) is 2. The Morgan fingerprint density at radius 1 is 0.804 bits per heavy atom. The van der Waals surface area contributed by atoms with Gasteiger partial charge in [-0.15, -0.1) is 12.0 Å². The van der Waals surface area contributed by atoms with E-state index >= 15 is 0 Å². The van der Waals surface area contributed by atoms with Crippen LogP contribution in [0.5, 0.6) is 0 Å². The number of nitrogens with one attached hydrogen (secondary N) is 2. The third kappa shape index (κ3) is 12.1. The minimum absolute atomic E-state index is 0. The number of aromatic amines is 1. The lowest BCUT2D eigenvalue weighted by atomic mass is 9.97. The van der Waals surface area contributed by atoms with Gasteiger partial charge in [-0.05, 0) is 156 Å². The van der Waals surface area contributed by atoms with Gasteiger partial charge in [0.05, 0.1) is 16.7 Å². The molecule has 2 heterocycles. The van der Waals surface area contributed by atoms with Gasteiger partial charge < -0.3 is 15.0 Å². The van der Waals surface area contributed by atoms with E-state index in [1.807, 2.05) is 39.0 Å². The SMILES string of the molecule is C#CC#CC#CC#CC#CC#CC#CC#CC#CC.Cc1nc2c(-c3ccccc3)cc(-c3c(C)noc3C)cc2[nH]1.O.[HH].[HH].[HH].[HH].[HH].[HH].[N-]=[N+]=N. The largest absolute Gasteiger partial charge is 0.412 e. The summed E-state index contributed by atoms with van der Waals surface area (Å²) in [5, 5.41) is 4.08. The Balaban J connectivity index is -0.000000171. The maximum atomic E-state index is 6.86. The highest BCUT2D eigenvalue weighted by Crippen LogP contribution is 2.35. The van der Waals surface area contributed by atoms with E-state index in [2.05, 4.69) is 140 Å². The number of benzene rings is 2. The molecule has 8 nitrogen and oxygen atoms in total.